The van der Waals surface area contributed by atoms with Gasteiger partial charge in [-0.05, 0) is 17.9 Å². The van der Waals surface area contributed by atoms with Gasteiger partial charge in [-0.25, -0.2) is 13.1 Å². The van der Waals surface area contributed by atoms with E-state index in [1.165, 1.54) is 11.0 Å². The summed E-state index contributed by atoms with van der Waals surface area (Å²) in [4.78, 5) is 1.21. The molecule has 1 unspecified atom stereocenters. The van der Waals surface area contributed by atoms with Crippen molar-refractivity contribution in [1.29, 1.82) is 0 Å². The van der Waals surface area contributed by atoms with Crippen molar-refractivity contribution in [1.82, 2.24) is 9.62 Å². The van der Waals surface area contributed by atoms with Crippen LogP contribution in [0.5, 0.6) is 0 Å². The van der Waals surface area contributed by atoms with E-state index in [1.807, 2.05) is 0 Å². The molecule has 1 aliphatic heterocycles. The van der Waals surface area contributed by atoms with Gasteiger partial charge in [0.25, 0.3) is 0 Å². The number of rotatable bonds is 4. The zero-order valence-corrected chi connectivity index (χ0v) is 11.5. The predicted octanol–water partition coefficient (Wildman–Crippen LogP) is 1.66. The fourth-order valence-electron chi connectivity index (χ4n) is 2.02. The molecule has 0 amide bonds. The lowest BCUT2D eigenvalue weighted by molar-refractivity contribution is -0.143. The minimum atomic E-state index is -4.25. The first-order chi connectivity index (χ1) is 8.76. The lowest BCUT2D eigenvalue weighted by Crippen LogP contribution is -2.38. The molecule has 0 aromatic carbocycles. The molecule has 1 aromatic heterocycles. The van der Waals surface area contributed by atoms with Crippen LogP contribution in [0.3, 0.4) is 0 Å². The second-order valence-corrected chi connectivity index (χ2v) is 7.28. The van der Waals surface area contributed by atoms with E-state index >= 15 is 0 Å². The van der Waals surface area contributed by atoms with Crippen molar-refractivity contribution in [2.75, 3.05) is 19.6 Å². The van der Waals surface area contributed by atoms with Crippen LogP contribution < -0.4 is 4.72 Å². The van der Waals surface area contributed by atoms with E-state index in [1.54, 1.807) is 11.4 Å². The SMILES string of the molecule is O=S(=O)(NC1CCN(CC(F)(F)F)C1)c1cccs1. The zero-order chi connectivity index (χ0) is 14.1. The highest BCUT2D eigenvalue weighted by Gasteiger charge is 2.35. The Bertz CT molecular complexity index is 513. The van der Waals surface area contributed by atoms with Crippen LogP contribution in [0.2, 0.25) is 0 Å². The molecule has 2 heterocycles. The lowest BCUT2D eigenvalue weighted by Gasteiger charge is -2.18. The molecule has 4 nitrogen and oxygen atoms in total. The van der Waals surface area contributed by atoms with Crippen molar-refractivity contribution in [3.05, 3.63) is 17.5 Å². The predicted molar refractivity (Wildman–Crippen MR) is 65.5 cm³/mol. The summed E-state index contributed by atoms with van der Waals surface area (Å²) in [5, 5.41) is 1.64. The number of hydrogen-bond acceptors (Lipinski definition) is 4. The van der Waals surface area contributed by atoms with Gasteiger partial charge in [0.1, 0.15) is 4.21 Å². The highest BCUT2D eigenvalue weighted by molar-refractivity contribution is 7.91. The molecule has 0 saturated carbocycles. The Balaban J connectivity index is 1.92. The average molecular weight is 314 g/mol. The largest absolute Gasteiger partial charge is 0.401 e. The number of halogens is 3. The molecule has 0 radical (unpaired) electrons. The van der Waals surface area contributed by atoms with Gasteiger partial charge in [0.05, 0.1) is 6.54 Å². The minimum Gasteiger partial charge on any atom is -0.293 e. The van der Waals surface area contributed by atoms with Crippen molar-refractivity contribution < 1.29 is 21.6 Å². The smallest absolute Gasteiger partial charge is 0.293 e. The molecule has 0 aliphatic carbocycles. The number of nitrogens with one attached hydrogen (secondary N) is 1. The number of likely N-dealkylation sites (tertiary alicyclic amines) is 1. The van der Waals surface area contributed by atoms with Crippen LogP contribution in [0.4, 0.5) is 13.2 Å². The van der Waals surface area contributed by atoms with Gasteiger partial charge in [0, 0.05) is 19.1 Å². The summed E-state index contributed by atoms with van der Waals surface area (Å²) < 4.78 is 63.1. The molecule has 19 heavy (non-hydrogen) atoms. The van der Waals surface area contributed by atoms with Crippen molar-refractivity contribution >= 4 is 21.4 Å². The summed E-state index contributed by atoms with van der Waals surface area (Å²) in [5.41, 5.74) is 0. The molecule has 1 aliphatic rings. The number of sulfonamides is 1. The molecule has 9 heteroatoms. The van der Waals surface area contributed by atoms with Crippen LogP contribution in [0.25, 0.3) is 0 Å². The molecule has 108 valence electrons. The maximum Gasteiger partial charge on any atom is 0.401 e. The van der Waals surface area contributed by atoms with Crippen molar-refractivity contribution in [3.8, 4) is 0 Å². The second kappa shape index (κ2) is 5.39. The molecular formula is C10H13F3N2O2S2. The van der Waals surface area contributed by atoms with Crippen LogP contribution in [0.1, 0.15) is 6.42 Å². The molecule has 0 spiro atoms. The monoisotopic (exact) mass is 314 g/mol. The van der Waals surface area contributed by atoms with Gasteiger partial charge in [-0.1, -0.05) is 6.07 Å². The maximum absolute atomic E-state index is 12.2. The van der Waals surface area contributed by atoms with E-state index in [2.05, 4.69) is 4.72 Å². The van der Waals surface area contributed by atoms with E-state index in [9.17, 15) is 21.6 Å². The first-order valence-corrected chi connectivity index (χ1v) is 7.97. The van der Waals surface area contributed by atoms with E-state index in [4.69, 9.17) is 0 Å². The van der Waals surface area contributed by atoms with Gasteiger partial charge >= 0.3 is 6.18 Å². The Kier molecular flexibility index (Phi) is 4.19. The first kappa shape index (κ1) is 14.8. The van der Waals surface area contributed by atoms with Crippen LogP contribution in [0, 0.1) is 0 Å². The van der Waals surface area contributed by atoms with E-state index in [-0.39, 0.29) is 17.3 Å². The zero-order valence-electron chi connectivity index (χ0n) is 9.85. The van der Waals surface area contributed by atoms with Crippen molar-refractivity contribution in [2.45, 2.75) is 22.8 Å². The Morgan fingerprint density at radius 2 is 2.21 bits per heavy atom. The molecule has 1 N–H and O–H groups in total. The second-order valence-electron chi connectivity index (χ2n) is 4.39. The van der Waals surface area contributed by atoms with Gasteiger partial charge in [-0.3, -0.25) is 4.90 Å². The van der Waals surface area contributed by atoms with Gasteiger partial charge < -0.3 is 0 Å². The third-order valence-corrected chi connectivity index (χ3v) is 5.67. The third-order valence-electron chi connectivity index (χ3n) is 2.76. The highest BCUT2D eigenvalue weighted by Crippen LogP contribution is 2.22. The Hall–Kier alpha value is -0.640. The molecule has 1 saturated heterocycles. The van der Waals surface area contributed by atoms with Crippen LogP contribution >= 0.6 is 11.3 Å². The summed E-state index contributed by atoms with van der Waals surface area (Å²) in [6, 6.07) is 2.62. The van der Waals surface area contributed by atoms with E-state index < -0.39 is 28.8 Å². The molecule has 1 aromatic rings. The number of thiophene rings is 1. The Morgan fingerprint density at radius 3 is 2.79 bits per heavy atom. The first-order valence-electron chi connectivity index (χ1n) is 5.61. The fraction of sp³-hybridized carbons (Fsp3) is 0.600. The normalized spacial score (nSPS) is 21.9. The van der Waals surface area contributed by atoms with Crippen molar-refractivity contribution in [2.24, 2.45) is 0 Å². The fourth-order valence-corrected chi connectivity index (χ4v) is 4.29. The van der Waals surface area contributed by atoms with E-state index in [0.29, 0.717) is 6.42 Å². The summed E-state index contributed by atoms with van der Waals surface area (Å²) >= 11 is 1.08. The molecule has 2 rings (SSSR count). The quantitative estimate of drug-likeness (QED) is 0.919. The van der Waals surface area contributed by atoms with Gasteiger partial charge in [-0.2, -0.15) is 13.2 Å². The number of alkyl halides is 3. The number of hydrogen-bond donors (Lipinski definition) is 1. The summed E-state index contributed by atoms with van der Waals surface area (Å²) in [6.45, 7) is -0.661. The summed E-state index contributed by atoms with van der Waals surface area (Å²) in [6.07, 6.45) is -3.86. The maximum atomic E-state index is 12.2. The topological polar surface area (TPSA) is 49.4 Å². The van der Waals surface area contributed by atoms with Crippen LogP contribution in [-0.4, -0.2) is 45.2 Å². The van der Waals surface area contributed by atoms with Gasteiger partial charge in [-0.15, -0.1) is 11.3 Å². The Labute approximate surface area is 113 Å². The minimum absolute atomic E-state index is 0.0874. The molecular weight excluding hydrogens is 301 g/mol. The van der Waals surface area contributed by atoms with E-state index in [0.717, 1.165) is 11.3 Å². The lowest BCUT2D eigenvalue weighted by atomic mass is 10.3. The van der Waals surface area contributed by atoms with Crippen molar-refractivity contribution in [3.63, 3.8) is 0 Å². The standard InChI is InChI=1S/C10H13F3N2O2S2/c11-10(12,13)7-15-4-3-8(6-15)14-19(16,17)9-2-1-5-18-9/h1-2,5,8,14H,3-4,6-7H2. The van der Waals surface area contributed by atoms with Crippen LogP contribution in [-0.2, 0) is 10.0 Å². The summed E-state index contributed by atoms with van der Waals surface area (Å²) in [7, 11) is -3.61. The van der Waals surface area contributed by atoms with Gasteiger partial charge in [0.2, 0.25) is 10.0 Å². The Morgan fingerprint density at radius 1 is 1.47 bits per heavy atom. The molecule has 1 fully saturated rings. The van der Waals surface area contributed by atoms with Crippen LogP contribution in [0.15, 0.2) is 21.7 Å². The highest BCUT2D eigenvalue weighted by atomic mass is 32.2. The molecule has 1 atom stereocenters. The third kappa shape index (κ3) is 4.16. The summed E-state index contributed by atoms with van der Waals surface area (Å²) in [5.74, 6) is 0. The molecule has 0 bridgehead atoms. The van der Waals surface area contributed by atoms with Gasteiger partial charge in [0.15, 0.2) is 0 Å². The number of nitrogens with zero attached hydrogens (tertiary/aromatic N) is 1. The average Bonchev–Trinajstić information content (AvgIpc) is 2.86.